The molecule has 0 amide bonds. The molecule has 1 N–H and O–H groups in total. The maximum atomic E-state index is 11.9. The van der Waals surface area contributed by atoms with Gasteiger partial charge < -0.3 is 9.84 Å². The molecule has 6 heteroatoms. The number of alkyl halides is 3. The lowest BCUT2D eigenvalue weighted by Crippen LogP contribution is -2.32. The molecule has 1 aliphatic carbocycles. The Morgan fingerprint density at radius 3 is 2.38 bits per heavy atom. The largest absolute Gasteiger partial charge is 0.462 e. The highest BCUT2D eigenvalue weighted by atomic mass is 19.4. The molecule has 1 saturated carbocycles. The van der Waals surface area contributed by atoms with Gasteiger partial charge in [-0.2, -0.15) is 13.2 Å². The third-order valence-corrected chi connectivity index (χ3v) is 2.59. The smallest absolute Gasteiger partial charge is 0.414 e. The fourth-order valence-corrected chi connectivity index (χ4v) is 1.69. The van der Waals surface area contributed by atoms with E-state index < -0.39 is 24.7 Å². The monoisotopic (exact) mass is 240 g/mol. The zero-order valence-corrected chi connectivity index (χ0v) is 8.79. The summed E-state index contributed by atoms with van der Waals surface area (Å²) >= 11 is 0. The van der Waals surface area contributed by atoms with Crippen molar-refractivity contribution in [1.82, 2.24) is 0 Å². The highest BCUT2D eigenvalue weighted by Gasteiger charge is 2.40. The van der Waals surface area contributed by atoms with Gasteiger partial charge in [-0.05, 0) is 25.7 Å². The molecule has 1 atom stereocenters. The molecule has 0 aromatic rings. The van der Waals surface area contributed by atoms with E-state index in [2.05, 4.69) is 0 Å². The summed E-state index contributed by atoms with van der Waals surface area (Å²) in [5.41, 5.74) is 0. The number of halogens is 3. The predicted octanol–water partition coefficient (Wildman–Crippen LogP) is 2.18. The molecule has 0 aromatic heterocycles. The van der Waals surface area contributed by atoms with Crippen molar-refractivity contribution in [3.63, 3.8) is 0 Å². The second-order valence-corrected chi connectivity index (χ2v) is 4.01. The molecule has 1 fully saturated rings. The molecule has 0 aromatic carbocycles. The van der Waals surface area contributed by atoms with Crippen LogP contribution >= 0.6 is 0 Å². The quantitative estimate of drug-likeness (QED) is 0.769. The number of hydrogen-bond donors (Lipinski definition) is 1. The number of aliphatic hydroxyl groups is 1. The minimum Gasteiger partial charge on any atom is -0.462 e. The van der Waals surface area contributed by atoms with Gasteiger partial charge in [0.1, 0.15) is 6.10 Å². The van der Waals surface area contributed by atoms with Crippen LogP contribution in [-0.4, -0.2) is 29.5 Å². The van der Waals surface area contributed by atoms with Gasteiger partial charge in [-0.1, -0.05) is 6.42 Å². The molecule has 0 heterocycles. The molecular weight excluding hydrogens is 225 g/mol. The molecule has 1 aliphatic rings. The van der Waals surface area contributed by atoms with Crippen molar-refractivity contribution in [3.8, 4) is 0 Å². The molecule has 0 saturated heterocycles. The fraction of sp³-hybridized carbons (Fsp3) is 0.900. The molecular formula is C10H15F3O3. The van der Waals surface area contributed by atoms with Crippen molar-refractivity contribution < 1.29 is 27.8 Å². The van der Waals surface area contributed by atoms with Crippen molar-refractivity contribution in [3.05, 3.63) is 0 Å². The van der Waals surface area contributed by atoms with Crippen LogP contribution in [-0.2, 0) is 9.53 Å². The highest BCUT2D eigenvalue weighted by Crippen LogP contribution is 2.24. The number of esters is 1. The highest BCUT2D eigenvalue weighted by molar-refractivity contribution is 5.70. The van der Waals surface area contributed by atoms with E-state index in [1.165, 1.54) is 0 Å². The number of carbonyl (C=O) groups excluding carboxylic acids is 1. The summed E-state index contributed by atoms with van der Waals surface area (Å²) < 4.78 is 40.6. The normalized spacial score (nSPS) is 20.5. The van der Waals surface area contributed by atoms with Gasteiger partial charge in [-0.3, -0.25) is 4.79 Å². The van der Waals surface area contributed by atoms with Crippen molar-refractivity contribution >= 4 is 5.97 Å². The third kappa shape index (κ3) is 4.38. The van der Waals surface area contributed by atoms with E-state index in [4.69, 9.17) is 9.84 Å². The van der Waals surface area contributed by atoms with Gasteiger partial charge in [0.25, 0.3) is 0 Å². The lowest BCUT2D eigenvalue weighted by atomic mass is 9.98. The molecule has 0 radical (unpaired) electrons. The second kappa shape index (κ2) is 5.52. The van der Waals surface area contributed by atoms with Gasteiger partial charge in [0, 0.05) is 0 Å². The Morgan fingerprint density at radius 1 is 1.31 bits per heavy atom. The lowest BCUT2D eigenvalue weighted by Gasteiger charge is -2.22. The van der Waals surface area contributed by atoms with E-state index in [9.17, 15) is 18.0 Å². The maximum Gasteiger partial charge on any atom is 0.414 e. The first-order valence-corrected chi connectivity index (χ1v) is 5.34. The van der Waals surface area contributed by atoms with Crippen molar-refractivity contribution in [2.24, 2.45) is 0 Å². The molecule has 0 aliphatic heterocycles. The zero-order chi connectivity index (χ0) is 12.2. The summed E-state index contributed by atoms with van der Waals surface area (Å²) in [4.78, 5) is 11.1. The average Bonchev–Trinajstić information content (AvgIpc) is 2.17. The topological polar surface area (TPSA) is 46.5 Å². The van der Waals surface area contributed by atoms with Gasteiger partial charge in [0.05, 0.1) is 6.42 Å². The van der Waals surface area contributed by atoms with E-state index in [0.717, 1.165) is 19.3 Å². The first-order valence-electron chi connectivity index (χ1n) is 5.34. The van der Waals surface area contributed by atoms with Crippen LogP contribution in [0.2, 0.25) is 0 Å². The van der Waals surface area contributed by atoms with Gasteiger partial charge >= 0.3 is 12.1 Å². The Balaban J connectivity index is 2.29. The van der Waals surface area contributed by atoms with E-state index in [1.54, 1.807) is 0 Å². The Bertz CT molecular complexity index is 234. The third-order valence-electron chi connectivity index (χ3n) is 2.59. The number of hydrogen-bond acceptors (Lipinski definition) is 3. The van der Waals surface area contributed by atoms with Crippen molar-refractivity contribution in [1.29, 1.82) is 0 Å². The standard InChI is InChI=1S/C10H15F3O3/c11-10(12,13)8(14)6-9(15)16-7-4-2-1-3-5-7/h7-8,14H,1-6H2/t8-/m1/s1. The molecule has 1 rings (SSSR count). The Kier molecular flexibility index (Phi) is 4.58. The van der Waals surface area contributed by atoms with Crippen LogP contribution in [0.15, 0.2) is 0 Å². The zero-order valence-electron chi connectivity index (χ0n) is 8.79. The Morgan fingerprint density at radius 2 is 1.88 bits per heavy atom. The van der Waals surface area contributed by atoms with Crippen LogP contribution in [0, 0.1) is 0 Å². The minimum absolute atomic E-state index is 0.276. The summed E-state index contributed by atoms with van der Waals surface area (Å²) in [6, 6.07) is 0. The van der Waals surface area contributed by atoms with Crippen LogP contribution < -0.4 is 0 Å². The van der Waals surface area contributed by atoms with Gasteiger partial charge in [0.15, 0.2) is 6.10 Å². The Hall–Kier alpha value is -0.780. The summed E-state index contributed by atoms with van der Waals surface area (Å²) in [7, 11) is 0. The number of ether oxygens (including phenoxy) is 1. The summed E-state index contributed by atoms with van der Waals surface area (Å²) in [5, 5.41) is 8.66. The van der Waals surface area contributed by atoms with Crippen LogP contribution in [0.4, 0.5) is 13.2 Å². The summed E-state index contributed by atoms with van der Waals surface area (Å²) in [6.45, 7) is 0. The molecule has 3 nitrogen and oxygen atoms in total. The second-order valence-electron chi connectivity index (χ2n) is 4.01. The number of aliphatic hydroxyl groups excluding tert-OH is 1. The molecule has 0 spiro atoms. The Labute approximate surface area is 91.6 Å². The summed E-state index contributed by atoms with van der Waals surface area (Å²) in [6.07, 6.45) is -4.34. The first kappa shape index (κ1) is 13.3. The van der Waals surface area contributed by atoms with Crippen LogP contribution in [0.1, 0.15) is 38.5 Å². The van der Waals surface area contributed by atoms with Crippen molar-refractivity contribution in [2.75, 3.05) is 0 Å². The van der Waals surface area contributed by atoms with E-state index >= 15 is 0 Å². The number of carbonyl (C=O) groups is 1. The molecule has 16 heavy (non-hydrogen) atoms. The van der Waals surface area contributed by atoms with Gasteiger partial charge in [0.2, 0.25) is 0 Å². The SMILES string of the molecule is O=C(C[C@@H](O)C(F)(F)F)OC1CCCCC1. The van der Waals surface area contributed by atoms with Gasteiger partial charge in [-0.25, -0.2) is 0 Å². The van der Waals surface area contributed by atoms with Crippen LogP contribution in [0.5, 0.6) is 0 Å². The first-order chi connectivity index (χ1) is 7.39. The van der Waals surface area contributed by atoms with E-state index in [1.807, 2.05) is 0 Å². The van der Waals surface area contributed by atoms with Gasteiger partial charge in [-0.15, -0.1) is 0 Å². The summed E-state index contributed by atoms with van der Waals surface area (Å²) in [5.74, 6) is -0.975. The minimum atomic E-state index is -4.76. The van der Waals surface area contributed by atoms with Crippen molar-refractivity contribution in [2.45, 2.75) is 56.9 Å². The molecule has 0 bridgehead atoms. The van der Waals surface area contributed by atoms with E-state index in [-0.39, 0.29) is 6.10 Å². The maximum absolute atomic E-state index is 11.9. The fourth-order valence-electron chi connectivity index (χ4n) is 1.69. The predicted molar refractivity (Wildman–Crippen MR) is 49.6 cm³/mol. The molecule has 94 valence electrons. The average molecular weight is 240 g/mol. The van der Waals surface area contributed by atoms with Crippen LogP contribution in [0.3, 0.4) is 0 Å². The molecule has 0 unspecified atom stereocenters. The van der Waals surface area contributed by atoms with E-state index in [0.29, 0.717) is 12.8 Å². The lowest BCUT2D eigenvalue weighted by molar-refractivity contribution is -0.210. The van der Waals surface area contributed by atoms with Crippen LogP contribution in [0.25, 0.3) is 0 Å². The number of rotatable bonds is 3.